The van der Waals surface area contributed by atoms with Gasteiger partial charge in [-0.15, -0.1) is 0 Å². The predicted molar refractivity (Wildman–Crippen MR) is 73.5 cm³/mol. The zero-order valence-electron chi connectivity index (χ0n) is 11.6. The van der Waals surface area contributed by atoms with Crippen molar-refractivity contribution in [1.29, 1.82) is 0 Å². The van der Waals surface area contributed by atoms with Crippen molar-refractivity contribution < 1.29 is 23.4 Å². The molecular formula is C15H14FNO4. The number of carbonyl (C=O) groups excluding carboxylic acids is 1. The molecule has 0 saturated heterocycles. The van der Waals surface area contributed by atoms with Crippen LogP contribution in [0.3, 0.4) is 0 Å². The Morgan fingerprint density at radius 2 is 2.05 bits per heavy atom. The van der Waals surface area contributed by atoms with Gasteiger partial charge in [-0.2, -0.15) is 0 Å². The molecule has 0 amide bonds. The van der Waals surface area contributed by atoms with Gasteiger partial charge in [0.25, 0.3) is 0 Å². The van der Waals surface area contributed by atoms with Crippen LogP contribution in [0.5, 0.6) is 17.2 Å². The largest absolute Gasteiger partial charge is 0.493 e. The number of halogens is 1. The highest BCUT2D eigenvalue weighted by molar-refractivity contribution is 5.75. The molecule has 1 aromatic heterocycles. The summed E-state index contributed by atoms with van der Waals surface area (Å²) in [6.07, 6.45) is 2.11. The highest BCUT2D eigenvalue weighted by Gasteiger charge is 2.12. The third-order valence-electron chi connectivity index (χ3n) is 2.77. The van der Waals surface area contributed by atoms with Gasteiger partial charge in [0.05, 0.1) is 14.2 Å². The number of benzene rings is 1. The molecule has 110 valence electrons. The van der Waals surface area contributed by atoms with Crippen LogP contribution in [0.1, 0.15) is 16.1 Å². The van der Waals surface area contributed by atoms with Gasteiger partial charge in [-0.1, -0.05) is 0 Å². The molecule has 1 aromatic carbocycles. The van der Waals surface area contributed by atoms with Gasteiger partial charge in [0.2, 0.25) is 0 Å². The summed E-state index contributed by atoms with van der Waals surface area (Å²) < 4.78 is 29.2. The van der Waals surface area contributed by atoms with Crippen LogP contribution in [0, 0.1) is 5.82 Å². The molecule has 5 nitrogen and oxygen atoms in total. The van der Waals surface area contributed by atoms with Crippen molar-refractivity contribution in [1.82, 2.24) is 4.98 Å². The van der Waals surface area contributed by atoms with E-state index in [0.29, 0.717) is 23.5 Å². The number of aromatic nitrogens is 1. The van der Waals surface area contributed by atoms with Crippen LogP contribution in [0.2, 0.25) is 0 Å². The minimum atomic E-state index is -0.542. The lowest BCUT2D eigenvalue weighted by atomic mass is 10.2. The van der Waals surface area contributed by atoms with Gasteiger partial charge in [-0.25, -0.2) is 4.39 Å². The van der Waals surface area contributed by atoms with Crippen molar-refractivity contribution >= 4 is 6.29 Å². The first-order valence-electron chi connectivity index (χ1n) is 6.12. The Labute approximate surface area is 121 Å². The Morgan fingerprint density at radius 1 is 1.24 bits per heavy atom. The first-order chi connectivity index (χ1) is 10.2. The zero-order chi connectivity index (χ0) is 15.2. The van der Waals surface area contributed by atoms with E-state index in [1.54, 1.807) is 12.3 Å². The third-order valence-corrected chi connectivity index (χ3v) is 2.77. The lowest BCUT2D eigenvalue weighted by Gasteiger charge is -2.12. The van der Waals surface area contributed by atoms with Crippen molar-refractivity contribution in [2.45, 2.75) is 6.61 Å². The summed E-state index contributed by atoms with van der Waals surface area (Å²) in [5.41, 5.74) is 0.712. The molecule has 0 spiro atoms. The number of carbonyl (C=O) groups is 1. The smallest absolute Gasteiger partial charge is 0.185 e. The SMILES string of the molecule is COc1ccnc(COc2cc(F)cc(C=O)c2)c1OC. The van der Waals surface area contributed by atoms with E-state index in [4.69, 9.17) is 14.2 Å². The fraction of sp³-hybridized carbons (Fsp3) is 0.200. The van der Waals surface area contributed by atoms with E-state index >= 15 is 0 Å². The molecular weight excluding hydrogens is 277 g/mol. The van der Waals surface area contributed by atoms with Gasteiger partial charge in [-0.3, -0.25) is 9.78 Å². The number of ether oxygens (including phenoxy) is 3. The van der Waals surface area contributed by atoms with Gasteiger partial charge in [0.15, 0.2) is 11.5 Å². The van der Waals surface area contributed by atoms with Gasteiger partial charge in [0.1, 0.15) is 30.2 Å². The molecule has 0 atom stereocenters. The molecule has 2 aromatic rings. The van der Waals surface area contributed by atoms with E-state index in [2.05, 4.69) is 4.98 Å². The summed E-state index contributed by atoms with van der Waals surface area (Å²) in [5.74, 6) is 0.676. The average Bonchev–Trinajstić information content (AvgIpc) is 2.51. The van der Waals surface area contributed by atoms with E-state index in [-0.39, 0.29) is 17.9 Å². The van der Waals surface area contributed by atoms with E-state index in [9.17, 15) is 9.18 Å². The van der Waals surface area contributed by atoms with Gasteiger partial charge < -0.3 is 14.2 Å². The quantitative estimate of drug-likeness (QED) is 0.766. The lowest BCUT2D eigenvalue weighted by molar-refractivity contribution is 0.112. The Morgan fingerprint density at radius 3 is 2.71 bits per heavy atom. The first kappa shape index (κ1) is 14.8. The van der Waals surface area contributed by atoms with Gasteiger partial charge in [0, 0.05) is 23.9 Å². The highest BCUT2D eigenvalue weighted by atomic mass is 19.1. The molecule has 2 rings (SSSR count). The summed E-state index contributed by atoms with van der Waals surface area (Å²) >= 11 is 0. The zero-order valence-corrected chi connectivity index (χ0v) is 11.6. The summed E-state index contributed by atoms with van der Waals surface area (Å²) in [5, 5.41) is 0. The molecule has 1 heterocycles. The standard InChI is InChI=1S/C15H14FNO4/c1-19-14-3-4-17-13(15(14)20-2)9-21-12-6-10(8-18)5-11(16)7-12/h3-8H,9H2,1-2H3. The highest BCUT2D eigenvalue weighted by Crippen LogP contribution is 2.29. The van der Waals surface area contributed by atoms with Crippen LogP contribution < -0.4 is 14.2 Å². The molecule has 0 saturated carbocycles. The molecule has 0 bridgehead atoms. The minimum absolute atomic E-state index is 0.0577. The van der Waals surface area contributed by atoms with Gasteiger partial charge in [-0.05, 0) is 12.1 Å². The normalized spacial score (nSPS) is 10.0. The number of hydrogen-bond donors (Lipinski definition) is 0. The van der Waals surface area contributed by atoms with Crippen LogP contribution >= 0.6 is 0 Å². The van der Waals surface area contributed by atoms with Gasteiger partial charge >= 0.3 is 0 Å². The Balaban J connectivity index is 2.20. The second kappa shape index (κ2) is 6.69. The topological polar surface area (TPSA) is 57.7 Å². The Hall–Kier alpha value is -2.63. The third kappa shape index (κ3) is 3.47. The summed E-state index contributed by atoms with van der Waals surface area (Å²) in [4.78, 5) is 14.8. The summed E-state index contributed by atoms with van der Waals surface area (Å²) in [6, 6.07) is 5.43. The lowest BCUT2D eigenvalue weighted by Crippen LogP contribution is -2.03. The monoisotopic (exact) mass is 291 g/mol. The predicted octanol–water partition coefficient (Wildman–Crippen LogP) is 2.63. The number of rotatable bonds is 6. The van der Waals surface area contributed by atoms with Crippen molar-refractivity contribution in [2.24, 2.45) is 0 Å². The molecule has 0 aliphatic heterocycles. The fourth-order valence-electron chi connectivity index (χ4n) is 1.84. The number of aldehydes is 1. The maximum atomic E-state index is 13.3. The van der Waals surface area contributed by atoms with E-state index in [1.165, 1.54) is 26.4 Å². The van der Waals surface area contributed by atoms with Crippen LogP contribution in [0.4, 0.5) is 4.39 Å². The maximum absolute atomic E-state index is 13.3. The number of methoxy groups -OCH3 is 2. The van der Waals surface area contributed by atoms with Crippen molar-refractivity contribution in [2.75, 3.05) is 14.2 Å². The van der Waals surface area contributed by atoms with Crippen molar-refractivity contribution in [3.8, 4) is 17.2 Å². The van der Waals surface area contributed by atoms with Crippen LogP contribution in [-0.2, 0) is 6.61 Å². The molecule has 0 N–H and O–H groups in total. The van der Waals surface area contributed by atoms with Crippen molar-refractivity contribution in [3.63, 3.8) is 0 Å². The first-order valence-corrected chi connectivity index (χ1v) is 6.12. The van der Waals surface area contributed by atoms with Crippen LogP contribution in [0.15, 0.2) is 30.5 Å². The number of pyridine rings is 1. The van der Waals surface area contributed by atoms with Crippen molar-refractivity contribution in [3.05, 3.63) is 47.5 Å². The Kier molecular flexibility index (Phi) is 4.71. The van der Waals surface area contributed by atoms with Crippen LogP contribution in [0.25, 0.3) is 0 Å². The van der Waals surface area contributed by atoms with E-state index in [0.717, 1.165) is 6.07 Å². The molecule has 0 aliphatic carbocycles. The van der Waals surface area contributed by atoms with E-state index < -0.39 is 5.82 Å². The molecule has 0 unspecified atom stereocenters. The summed E-state index contributed by atoms with van der Waals surface area (Å²) in [7, 11) is 3.02. The van der Waals surface area contributed by atoms with E-state index in [1.807, 2.05) is 0 Å². The molecule has 0 aliphatic rings. The summed E-state index contributed by atoms with van der Waals surface area (Å²) in [6.45, 7) is 0.0577. The fourth-order valence-corrected chi connectivity index (χ4v) is 1.84. The minimum Gasteiger partial charge on any atom is -0.493 e. The molecule has 0 fully saturated rings. The van der Waals surface area contributed by atoms with Crippen LogP contribution in [-0.4, -0.2) is 25.5 Å². The molecule has 21 heavy (non-hydrogen) atoms. The number of nitrogens with zero attached hydrogens (tertiary/aromatic N) is 1. The maximum Gasteiger partial charge on any atom is 0.185 e. The second-order valence-corrected chi connectivity index (χ2v) is 4.12. The number of hydrogen-bond acceptors (Lipinski definition) is 5. The molecule has 6 heteroatoms. The Bertz CT molecular complexity index is 646. The average molecular weight is 291 g/mol. The second-order valence-electron chi connectivity index (χ2n) is 4.12. The molecule has 0 radical (unpaired) electrons.